The first kappa shape index (κ1) is 14.0. The topological polar surface area (TPSA) is 77.5 Å². The van der Waals surface area contributed by atoms with Crippen LogP contribution in [0.15, 0.2) is 41.0 Å². The summed E-state index contributed by atoms with van der Waals surface area (Å²) in [6.45, 7) is 4.17. The zero-order valence-corrected chi connectivity index (χ0v) is 11.6. The third kappa shape index (κ3) is 2.93. The van der Waals surface area contributed by atoms with Gasteiger partial charge in [-0.05, 0) is 38.1 Å². The third-order valence-electron chi connectivity index (χ3n) is 2.90. The molecule has 1 atom stereocenters. The van der Waals surface area contributed by atoms with Crippen LogP contribution in [0, 0.1) is 0 Å². The second kappa shape index (κ2) is 6.14. The molecule has 0 aliphatic heterocycles. The van der Waals surface area contributed by atoms with Crippen LogP contribution in [0.5, 0.6) is 5.75 Å². The first-order valence-electron chi connectivity index (χ1n) is 6.49. The summed E-state index contributed by atoms with van der Waals surface area (Å²) in [7, 11) is 0. The van der Waals surface area contributed by atoms with Crippen LogP contribution in [0.1, 0.15) is 36.0 Å². The largest absolute Gasteiger partial charge is 0.493 e. The molecule has 2 rings (SSSR count). The molecule has 5 heteroatoms. The predicted octanol–water partition coefficient (Wildman–Crippen LogP) is 2.75. The molecule has 1 aromatic heterocycles. The second-order valence-electron chi connectivity index (χ2n) is 4.36. The molecule has 20 heavy (non-hydrogen) atoms. The van der Waals surface area contributed by atoms with Crippen molar-refractivity contribution in [2.45, 2.75) is 19.9 Å². The van der Waals surface area contributed by atoms with Gasteiger partial charge in [0.2, 0.25) is 0 Å². The Labute approximate surface area is 117 Å². The van der Waals surface area contributed by atoms with E-state index in [2.05, 4.69) is 5.32 Å². The zero-order chi connectivity index (χ0) is 14.5. The molecule has 0 spiro atoms. The van der Waals surface area contributed by atoms with E-state index in [4.69, 9.17) is 14.9 Å². The first-order chi connectivity index (χ1) is 9.63. The molecular weight excluding hydrogens is 256 g/mol. The van der Waals surface area contributed by atoms with Crippen LogP contribution in [0.2, 0.25) is 0 Å². The Kier molecular flexibility index (Phi) is 4.30. The van der Waals surface area contributed by atoms with Crippen molar-refractivity contribution in [3.8, 4) is 5.75 Å². The van der Waals surface area contributed by atoms with E-state index in [9.17, 15) is 4.79 Å². The maximum Gasteiger partial charge on any atom is 0.257 e. The van der Waals surface area contributed by atoms with E-state index in [-0.39, 0.29) is 11.9 Å². The van der Waals surface area contributed by atoms with E-state index in [0.717, 1.165) is 0 Å². The van der Waals surface area contributed by atoms with Crippen LogP contribution in [-0.2, 0) is 0 Å². The van der Waals surface area contributed by atoms with Crippen molar-refractivity contribution in [3.63, 3.8) is 0 Å². The van der Waals surface area contributed by atoms with Crippen molar-refractivity contribution < 1.29 is 13.9 Å². The van der Waals surface area contributed by atoms with Crippen molar-refractivity contribution in [3.05, 3.63) is 47.9 Å². The van der Waals surface area contributed by atoms with E-state index in [1.54, 1.807) is 30.5 Å². The molecular formula is C15H18N2O3. The molecule has 3 N–H and O–H groups in total. The molecule has 5 nitrogen and oxygen atoms in total. The molecule has 1 aromatic carbocycles. The Morgan fingerprint density at radius 3 is 2.85 bits per heavy atom. The number of nitrogens with one attached hydrogen (secondary N) is 1. The number of benzene rings is 1. The van der Waals surface area contributed by atoms with E-state index < -0.39 is 0 Å². The molecule has 0 radical (unpaired) electrons. The lowest BCUT2D eigenvalue weighted by molar-refractivity contribution is 0.0932. The van der Waals surface area contributed by atoms with Gasteiger partial charge < -0.3 is 20.2 Å². The minimum Gasteiger partial charge on any atom is -0.493 e. The van der Waals surface area contributed by atoms with Crippen LogP contribution < -0.4 is 15.8 Å². The average Bonchev–Trinajstić information content (AvgIpc) is 2.93. The van der Waals surface area contributed by atoms with Crippen molar-refractivity contribution in [1.82, 2.24) is 5.32 Å². The fraction of sp³-hybridized carbons (Fsp3) is 0.267. The lowest BCUT2D eigenvalue weighted by Gasteiger charge is -2.15. The first-order valence-corrected chi connectivity index (χ1v) is 6.49. The van der Waals surface area contributed by atoms with Gasteiger partial charge in [-0.1, -0.05) is 6.07 Å². The SMILES string of the molecule is CCOc1cccc(N)c1C(=O)NC(C)c1ccco1. The minimum atomic E-state index is -0.282. The van der Waals surface area contributed by atoms with Crippen molar-refractivity contribution in [2.75, 3.05) is 12.3 Å². The van der Waals surface area contributed by atoms with Crippen LogP contribution in [0.4, 0.5) is 5.69 Å². The Bertz CT molecular complexity index is 579. The van der Waals surface area contributed by atoms with Crippen molar-refractivity contribution >= 4 is 11.6 Å². The summed E-state index contributed by atoms with van der Waals surface area (Å²) < 4.78 is 10.7. The van der Waals surface area contributed by atoms with Gasteiger partial charge in [0.05, 0.1) is 18.9 Å². The van der Waals surface area contributed by atoms with Gasteiger partial charge in [-0.2, -0.15) is 0 Å². The van der Waals surface area contributed by atoms with E-state index >= 15 is 0 Å². The number of nitrogen functional groups attached to an aromatic ring is 1. The Hall–Kier alpha value is -2.43. The molecule has 1 unspecified atom stereocenters. The minimum absolute atomic E-state index is 0.244. The van der Waals surface area contributed by atoms with Crippen molar-refractivity contribution in [2.24, 2.45) is 0 Å². The summed E-state index contributed by atoms with van der Waals surface area (Å²) in [6, 6.07) is 8.50. The lowest BCUT2D eigenvalue weighted by Crippen LogP contribution is -2.27. The normalized spacial score (nSPS) is 11.9. The lowest BCUT2D eigenvalue weighted by atomic mass is 10.1. The number of amides is 1. The number of hydrogen-bond donors (Lipinski definition) is 2. The van der Waals surface area contributed by atoms with Crippen LogP contribution in [0.25, 0.3) is 0 Å². The fourth-order valence-corrected chi connectivity index (χ4v) is 1.94. The van der Waals surface area contributed by atoms with Gasteiger partial charge in [0, 0.05) is 5.69 Å². The standard InChI is InChI=1S/C15H18N2O3/c1-3-19-13-7-4-6-11(16)14(13)15(18)17-10(2)12-8-5-9-20-12/h4-10H,3,16H2,1-2H3,(H,17,18). The van der Waals surface area contributed by atoms with E-state index in [1.165, 1.54) is 0 Å². The molecule has 0 aliphatic carbocycles. The van der Waals surface area contributed by atoms with E-state index in [1.807, 2.05) is 19.9 Å². The molecule has 0 bridgehead atoms. The number of nitrogens with two attached hydrogens (primary N) is 1. The molecule has 106 valence electrons. The molecule has 0 saturated carbocycles. The number of hydrogen-bond acceptors (Lipinski definition) is 4. The summed E-state index contributed by atoms with van der Waals surface area (Å²) in [5, 5.41) is 2.85. The van der Waals surface area contributed by atoms with Gasteiger partial charge >= 0.3 is 0 Å². The predicted molar refractivity (Wildman–Crippen MR) is 76.6 cm³/mol. The summed E-state index contributed by atoms with van der Waals surface area (Å²) in [5.41, 5.74) is 6.63. The van der Waals surface area contributed by atoms with Gasteiger partial charge in [0.25, 0.3) is 5.91 Å². The number of carbonyl (C=O) groups excluding carboxylic acids is 1. The third-order valence-corrected chi connectivity index (χ3v) is 2.90. The smallest absolute Gasteiger partial charge is 0.257 e. The Morgan fingerprint density at radius 2 is 2.20 bits per heavy atom. The number of furan rings is 1. The summed E-state index contributed by atoms with van der Waals surface area (Å²) in [6.07, 6.45) is 1.57. The Morgan fingerprint density at radius 1 is 1.40 bits per heavy atom. The summed E-state index contributed by atoms with van der Waals surface area (Å²) in [5.74, 6) is 0.887. The number of rotatable bonds is 5. The van der Waals surface area contributed by atoms with Gasteiger partial charge in [-0.25, -0.2) is 0 Å². The summed E-state index contributed by atoms with van der Waals surface area (Å²) >= 11 is 0. The van der Waals surface area contributed by atoms with Crippen LogP contribution in [0.3, 0.4) is 0 Å². The molecule has 1 amide bonds. The molecule has 1 heterocycles. The number of ether oxygens (including phenoxy) is 1. The quantitative estimate of drug-likeness (QED) is 0.822. The maximum absolute atomic E-state index is 12.4. The molecule has 0 saturated heterocycles. The van der Waals surface area contributed by atoms with Gasteiger partial charge in [-0.3, -0.25) is 4.79 Å². The fourth-order valence-electron chi connectivity index (χ4n) is 1.94. The highest BCUT2D eigenvalue weighted by molar-refractivity contribution is 6.02. The molecule has 2 aromatic rings. The van der Waals surface area contributed by atoms with Gasteiger partial charge in [0.15, 0.2) is 0 Å². The molecule has 0 fully saturated rings. The van der Waals surface area contributed by atoms with Gasteiger partial charge in [0.1, 0.15) is 17.1 Å². The second-order valence-corrected chi connectivity index (χ2v) is 4.36. The Balaban J connectivity index is 2.20. The maximum atomic E-state index is 12.4. The highest BCUT2D eigenvalue weighted by Crippen LogP contribution is 2.25. The monoisotopic (exact) mass is 274 g/mol. The number of anilines is 1. The highest BCUT2D eigenvalue weighted by Gasteiger charge is 2.19. The van der Waals surface area contributed by atoms with E-state index in [0.29, 0.717) is 29.4 Å². The van der Waals surface area contributed by atoms with Crippen LogP contribution in [-0.4, -0.2) is 12.5 Å². The van der Waals surface area contributed by atoms with Crippen molar-refractivity contribution in [1.29, 1.82) is 0 Å². The summed E-state index contributed by atoms with van der Waals surface area (Å²) in [4.78, 5) is 12.4. The number of carbonyl (C=O) groups is 1. The molecule has 0 aliphatic rings. The highest BCUT2D eigenvalue weighted by atomic mass is 16.5. The van der Waals surface area contributed by atoms with Crippen LogP contribution >= 0.6 is 0 Å². The average molecular weight is 274 g/mol. The zero-order valence-electron chi connectivity index (χ0n) is 11.6. The van der Waals surface area contributed by atoms with Gasteiger partial charge in [-0.15, -0.1) is 0 Å².